The quantitative estimate of drug-likeness (QED) is 0.396. The highest BCUT2D eigenvalue weighted by Gasteiger charge is 2.28. The van der Waals surface area contributed by atoms with Gasteiger partial charge in [0.2, 0.25) is 5.95 Å². The van der Waals surface area contributed by atoms with Gasteiger partial charge in [-0.1, -0.05) is 0 Å². The van der Waals surface area contributed by atoms with Gasteiger partial charge in [-0.05, 0) is 46.1 Å². The lowest BCUT2D eigenvalue weighted by molar-refractivity contribution is 0.0240. The standard InChI is InChI=1S/C28H39N7O4/c1-28(2,3)39-27(36)35-15-13-33(14-16-35)25-21-18-23(37-4)24(38-17-7-9-32-12-8-29-20-32)19-22(21)30-26(31-25)34-10-5-6-11-34/h8,12,18-20H,5-7,9-11,13-17H2,1-4H3. The van der Waals surface area contributed by atoms with Crippen LogP contribution in [-0.4, -0.2) is 89.1 Å². The summed E-state index contributed by atoms with van der Waals surface area (Å²) in [6.45, 7) is 11.4. The first-order valence-corrected chi connectivity index (χ1v) is 13.8. The summed E-state index contributed by atoms with van der Waals surface area (Å²) < 4.78 is 19.5. The van der Waals surface area contributed by atoms with Crippen LogP contribution in [0.25, 0.3) is 10.9 Å². The number of aromatic nitrogens is 4. The molecule has 2 aliphatic heterocycles. The van der Waals surface area contributed by atoms with Gasteiger partial charge >= 0.3 is 6.09 Å². The number of piperazine rings is 1. The van der Waals surface area contributed by atoms with E-state index in [1.165, 1.54) is 0 Å². The van der Waals surface area contributed by atoms with Gasteiger partial charge in [-0.15, -0.1) is 0 Å². The van der Waals surface area contributed by atoms with Crippen molar-refractivity contribution in [2.75, 3.05) is 62.8 Å². The summed E-state index contributed by atoms with van der Waals surface area (Å²) >= 11 is 0. The zero-order chi connectivity index (χ0) is 27.4. The number of carbonyl (C=O) groups is 1. The second-order valence-electron chi connectivity index (χ2n) is 11.0. The van der Waals surface area contributed by atoms with E-state index in [0.29, 0.717) is 44.3 Å². The van der Waals surface area contributed by atoms with Crippen molar-refractivity contribution in [3.8, 4) is 11.5 Å². The summed E-state index contributed by atoms with van der Waals surface area (Å²) in [6.07, 6.45) is 8.37. The first-order valence-electron chi connectivity index (χ1n) is 13.8. The second kappa shape index (κ2) is 11.5. The Morgan fingerprint density at radius 2 is 1.74 bits per heavy atom. The van der Waals surface area contributed by atoms with Crippen molar-refractivity contribution in [2.24, 2.45) is 0 Å². The molecule has 0 N–H and O–H groups in total. The van der Waals surface area contributed by atoms with E-state index >= 15 is 0 Å². The van der Waals surface area contributed by atoms with E-state index in [2.05, 4.69) is 14.8 Å². The first-order chi connectivity index (χ1) is 18.8. The predicted molar refractivity (Wildman–Crippen MR) is 150 cm³/mol. The molecule has 0 unspecified atom stereocenters. The number of imidazole rings is 1. The van der Waals surface area contributed by atoms with Crippen LogP contribution in [0.2, 0.25) is 0 Å². The average Bonchev–Trinajstić information content (AvgIpc) is 3.64. The minimum absolute atomic E-state index is 0.274. The van der Waals surface area contributed by atoms with E-state index in [1.54, 1.807) is 18.2 Å². The third-order valence-corrected chi connectivity index (χ3v) is 6.95. The lowest BCUT2D eigenvalue weighted by Gasteiger charge is -2.36. The third-order valence-electron chi connectivity index (χ3n) is 6.95. The third kappa shape index (κ3) is 6.46. The summed E-state index contributed by atoms with van der Waals surface area (Å²) in [6, 6.07) is 3.94. The second-order valence-corrected chi connectivity index (χ2v) is 11.0. The number of carbonyl (C=O) groups excluding carboxylic acids is 1. The number of methoxy groups -OCH3 is 1. The van der Waals surface area contributed by atoms with Crippen molar-refractivity contribution in [1.82, 2.24) is 24.4 Å². The molecule has 2 fully saturated rings. The molecule has 3 aromatic rings. The molecule has 11 heteroatoms. The van der Waals surface area contributed by atoms with Crippen LogP contribution in [0, 0.1) is 0 Å². The van der Waals surface area contributed by atoms with Crippen LogP contribution < -0.4 is 19.3 Å². The molecule has 1 aromatic carbocycles. The van der Waals surface area contributed by atoms with Crippen LogP contribution in [0.3, 0.4) is 0 Å². The molecular formula is C28H39N7O4. The van der Waals surface area contributed by atoms with Crippen LogP contribution >= 0.6 is 0 Å². The summed E-state index contributed by atoms with van der Waals surface area (Å²) in [7, 11) is 1.65. The van der Waals surface area contributed by atoms with Gasteiger partial charge in [-0.3, -0.25) is 0 Å². The topological polar surface area (TPSA) is 98.1 Å². The Bertz CT molecular complexity index is 1260. The highest BCUT2D eigenvalue weighted by Crippen LogP contribution is 2.37. The molecule has 2 aliphatic rings. The van der Waals surface area contributed by atoms with Crippen LogP contribution in [0.15, 0.2) is 30.9 Å². The summed E-state index contributed by atoms with van der Waals surface area (Å²) in [5.74, 6) is 2.91. The lowest BCUT2D eigenvalue weighted by atomic mass is 10.1. The zero-order valence-corrected chi connectivity index (χ0v) is 23.4. The molecule has 39 heavy (non-hydrogen) atoms. The fourth-order valence-electron chi connectivity index (χ4n) is 4.96. The predicted octanol–water partition coefficient (Wildman–Crippen LogP) is 3.96. The molecule has 5 rings (SSSR count). The van der Waals surface area contributed by atoms with Crippen molar-refractivity contribution < 1.29 is 19.0 Å². The van der Waals surface area contributed by atoms with Gasteiger partial charge in [-0.2, -0.15) is 4.98 Å². The Morgan fingerprint density at radius 1 is 0.974 bits per heavy atom. The molecule has 2 aromatic heterocycles. The van der Waals surface area contributed by atoms with Gasteiger partial charge in [0.15, 0.2) is 11.5 Å². The van der Waals surface area contributed by atoms with E-state index in [0.717, 1.165) is 61.6 Å². The van der Waals surface area contributed by atoms with Gasteiger partial charge in [-0.25, -0.2) is 14.8 Å². The zero-order valence-electron chi connectivity index (χ0n) is 23.4. The molecule has 11 nitrogen and oxygen atoms in total. The van der Waals surface area contributed by atoms with Gasteiger partial charge in [0.1, 0.15) is 11.4 Å². The lowest BCUT2D eigenvalue weighted by Crippen LogP contribution is -2.50. The number of hydrogen-bond acceptors (Lipinski definition) is 9. The van der Waals surface area contributed by atoms with Crippen LogP contribution in [-0.2, 0) is 11.3 Å². The maximum absolute atomic E-state index is 12.6. The number of aryl methyl sites for hydroxylation is 1. The van der Waals surface area contributed by atoms with Crippen molar-refractivity contribution >= 4 is 28.8 Å². The number of ether oxygens (including phenoxy) is 3. The SMILES string of the molecule is COc1cc2c(N3CCN(C(=O)OC(C)(C)C)CC3)nc(N3CCCC3)nc2cc1OCCCn1ccnc1. The average molecular weight is 538 g/mol. The van der Waals surface area contributed by atoms with Gasteiger partial charge < -0.3 is 33.5 Å². The van der Waals surface area contributed by atoms with Crippen LogP contribution in [0.5, 0.6) is 11.5 Å². The van der Waals surface area contributed by atoms with Crippen molar-refractivity contribution in [3.05, 3.63) is 30.9 Å². The minimum Gasteiger partial charge on any atom is -0.493 e. The van der Waals surface area contributed by atoms with Gasteiger partial charge in [0, 0.05) is 69.7 Å². The number of rotatable bonds is 8. The molecular weight excluding hydrogens is 498 g/mol. The fourth-order valence-corrected chi connectivity index (χ4v) is 4.96. The monoisotopic (exact) mass is 537 g/mol. The minimum atomic E-state index is -0.516. The highest BCUT2D eigenvalue weighted by atomic mass is 16.6. The Labute approximate surface area is 229 Å². The number of fused-ring (bicyclic) bond motifs is 1. The maximum Gasteiger partial charge on any atom is 0.410 e. The van der Waals surface area contributed by atoms with Gasteiger partial charge in [0.05, 0.1) is 25.6 Å². The highest BCUT2D eigenvalue weighted by molar-refractivity contribution is 5.93. The number of hydrogen-bond donors (Lipinski definition) is 0. The van der Waals surface area contributed by atoms with E-state index in [-0.39, 0.29) is 6.09 Å². The Morgan fingerprint density at radius 3 is 2.41 bits per heavy atom. The molecule has 210 valence electrons. The van der Waals surface area contributed by atoms with Crippen LogP contribution in [0.4, 0.5) is 16.6 Å². The van der Waals surface area contributed by atoms with Crippen molar-refractivity contribution in [1.29, 1.82) is 0 Å². The molecule has 0 radical (unpaired) electrons. The fraction of sp³-hybridized carbons (Fsp3) is 0.571. The van der Waals surface area contributed by atoms with E-state index < -0.39 is 5.60 Å². The Balaban J connectivity index is 1.38. The molecule has 0 aliphatic carbocycles. The van der Waals surface area contributed by atoms with E-state index in [4.69, 9.17) is 24.2 Å². The largest absolute Gasteiger partial charge is 0.493 e. The Hall–Kier alpha value is -3.76. The summed E-state index contributed by atoms with van der Waals surface area (Å²) in [5.41, 5.74) is 0.305. The Kier molecular flexibility index (Phi) is 7.94. The normalized spacial score (nSPS) is 16.2. The molecule has 0 spiro atoms. The molecule has 0 saturated carbocycles. The smallest absolute Gasteiger partial charge is 0.410 e. The van der Waals surface area contributed by atoms with E-state index in [1.807, 2.05) is 50.0 Å². The summed E-state index contributed by atoms with van der Waals surface area (Å²) in [4.78, 5) is 32.9. The van der Waals surface area contributed by atoms with E-state index in [9.17, 15) is 4.79 Å². The van der Waals surface area contributed by atoms with Crippen LogP contribution in [0.1, 0.15) is 40.0 Å². The molecule has 2 saturated heterocycles. The number of anilines is 2. The van der Waals surface area contributed by atoms with Gasteiger partial charge in [0.25, 0.3) is 0 Å². The molecule has 0 bridgehead atoms. The molecule has 4 heterocycles. The van der Waals surface area contributed by atoms with Crippen molar-refractivity contribution in [2.45, 2.75) is 52.2 Å². The number of amides is 1. The summed E-state index contributed by atoms with van der Waals surface area (Å²) in [5, 5.41) is 0.909. The first kappa shape index (κ1) is 26.8. The van der Waals surface area contributed by atoms with Crippen molar-refractivity contribution in [3.63, 3.8) is 0 Å². The number of benzene rings is 1. The number of nitrogens with zero attached hydrogens (tertiary/aromatic N) is 7. The molecule has 1 amide bonds. The maximum atomic E-state index is 12.6. The molecule has 0 atom stereocenters.